The van der Waals surface area contributed by atoms with Gasteiger partial charge in [-0.15, -0.1) is 0 Å². The number of fused-ring (bicyclic) bond motifs is 3. The molecule has 0 saturated carbocycles. The molecule has 0 bridgehead atoms. The molecule has 20 heavy (non-hydrogen) atoms. The summed E-state index contributed by atoms with van der Waals surface area (Å²) in [5.41, 5.74) is 6.52. The predicted octanol–water partition coefficient (Wildman–Crippen LogP) is 4.61. The number of hydrogen-bond donors (Lipinski definition) is 1. The summed E-state index contributed by atoms with van der Waals surface area (Å²) in [5.74, 6) is 1.04. The minimum absolute atomic E-state index is 0.284. The van der Waals surface area contributed by atoms with Gasteiger partial charge in [0.15, 0.2) is 0 Å². The molecule has 1 N–H and O–H groups in total. The van der Waals surface area contributed by atoms with E-state index in [-0.39, 0.29) is 11.4 Å². The summed E-state index contributed by atoms with van der Waals surface area (Å²) >= 11 is 0. The second kappa shape index (κ2) is 4.02. The van der Waals surface area contributed by atoms with Gasteiger partial charge in [0.05, 0.1) is 0 Å². The van der Waals surface area contributed by atoms with Crippen LogP contribution in [0.1, 0.15) is 36.1 Å². The van der Waals surface area contributed by atoms with Gasteiger partial charge in [-0.1, -0.05) is 12.1 Å². The number of aryl methyl sites for hydroxylation is 3. The Balaban J connectivity index is 2.36. The number of aromatic hydroxyl groups is 1. The zero-order chi connectivity index (χ0) is 14.7. The van der Waals surface area contributed by atoms with Crippen molar-refractivity contribution in [2.24, 2.45) is 0 Å². The van der Waals surface area contributed by atoms with Crippen LogP contribution >= 0.6 is 0 Å². The van der Waals surface area contributed by atoms with Crippen LogP contribution < -0.4 is 4.74 Å². The summed E-state index contributed by atoms with van der Waals surface area (Å²) in [6, 6.07) is 8.18. The minimum Gasteiger partial charge on any atom is -0.508 e. The highest BCUT2D eigenvalue weighted by Gasteiger charge is 2.33. The third-order valence-electron chi connectivity index (χ3n) is 4.24. The van der Waals surface area contributed by atoms with Gasteiger partial charge in [-0.3, -0.25) is 0 Å². The summed E-state index contributed by atoms with van der Waals surface area (Å²) in [6.45, 7) is 10.3. The maximum absolute atomic E-state index is 9.91. The van der Waals surface area contributed by atoms with Crippen LogP contribution in [-0.2, 0) is 5.60 Å². The van der Waals surface area contributed by atoms with E-state index in [2.05, 4.69) is 39.8 Å². The molecule has 0 atom stereocenters. The van der Waals surface area contributed by atoms with Crippen molar-refractivity contribution in [2.45, 2.75) is 40.2 Å². The van der Waals surface area contributed by atoms with Gasteiger partial charge in [0.1, 0.15) is 17.1 Å². The van der Waals surface area contributed by atoms with Crippen molar-refractivity contribution < 1.29 is 9.84 Å². The molecule has 2 nitrogen and oxygen atoms in total. The quantitative estimate of drug-likeness (QED) is 0.756. The van der Waals surface area contributed by atoms with E-state index in [9.17, 15) is 5.11 Å². The van der Waals surface area contributed by atoms with E-state index in [0.717, 1.165) is 16.9 Å². The van der Waals surface area contributed by atoms with Crippen LogP contribution in [0.15, 0.2) is 24.3 Å². The normalized spacial score (nSPS) is 15.2. The average molecular weight is 268 g/mol. The van der Waals surface area contributed by atoms with E-state index in [1.165, 1.54) is 22.3 Å². The lowest BCUT2D eigenvalue weighted by Crippen LogP contribution is -2.29. The molecule has 1 aliphatic rings. The van der Waals surface area contributed by atoms with Gasteiger partial charge in [0, 0.05) is 17.2 Å². The zero-order valence-electron chi connectivity index (χ0n) is 12.7. The van der Waals surface area contributed by atoms with E-state index < -0.39 is 0 Å². The van der Waals surface area contributed by atoms with Gasteiger partial charge >= 0.3 is 0 Å². The van der Waals surface area contributed by atoms with Crippen molar-refractivity contribution >= 4 is 0 Å². The molecule has 0 unspecified atom stereocenters. The van der Waals surface area contributed by atoms with Crippen molar-refractivity contribution in [1.82, 2.24) is 0 Å². The Bertz CT molecular complexity index is 712. The fourth-order valence-corrected chi connectivity index (χ4v) is 2.84. The lowest BCUT2D eigenvalue weighted by Gasteiger charge is -2.36. The van der Waals surface area contributed by atoms with Crippen molar-refractivity contribution in [1.29, 1.82) is 0 Å². The molecule has 3 rings (SSSR count). The molecule has 0 radical (unpaired) electrons. The van der Waals surface area contributed by atoms with E-state index in [1.807, 2.05) is 13.0 Å². The van der Waals surface area contributed by atoms with E-state index in [1.54, 1.807) is 6.07 Å². The van der Waals surface area contributed by atoms with Gasteiger partial charge in [-0.2, -0.15) is 0 Å². The number of ether oxygens (including phenoxy) is 1. The summed E-state index contributed by atoms with van der Waals surface area (Å²) in [5, 5.41) is 9.91. The molecule has 0 saturated heterocycles. The Morgan fingerprint density at radius 1 is 0.850 bits per heavy atom. The SMILES string of the molecule is Cc1cc2c(cc1C)C(C)(C)Oc1cc(O)c(C)cc1-2. The van der Waals surface area contributed by atoms with E-state index in [0.29, 0.717) is 0 Å². The summed E-state index contributed by atoms with van der Waals surface area (Å²) in [7, 11) is 0. The molecule has 0 aromatic heterocycles. The molecule has 2 aromatic rings. The third-order valence-corrected chi connectivity index (χ3v) is 4.24. The van der Waals surface area contributed by atoms with Crippen LogP contribution in [0.25, 0.3) is 11.1 Å². The Kier molecular flexibility index (Phi) is 2.62. The van der Waals surface area contributed by atoms with Crippen LogP contribution in [0.3, 0.4) is 0 Å². The number of benzene rings is 2. The van der Waals surface area contributed by atoms with Gasteiger partial charge in [0.2, 0.25) is 0 Å². The average Bonchev–Trinajstić information content (AvgIpc) is 2.34. The first kappa shape index (κ1) is 13.0. The maximum Gasteiger partial charge on any atom is 0.132 e. The first-order chi connectivity index (χ1) is 9.29. The molecule has 2 heteroatoms. The minimum atomic E-state index is -0.386. The molecule has 2 aromatic carbocycles. The van der Waals surface area contributed by atoms with E-state index in [4.69, 9.17) is 4.74 Å². The molecule has 0 spiro atoms. The van der Waals surface area contributed by atoms with Crippen molar-refractivity contribution in [3.05, 3.63) is 46.5 Å². The second-order valence-corrected chi connectivity index (χ2v) is 6.23. The zero-order valence-corrected chi connectivity index (χ0v) is 12.7. The molecule has 0 aliphatic carbocycles. The van der Waals surface area contributed by atoms with Crippen LogP contribution in [-0.4, -0.2) is 5.11 Å². The topological polar surface area (TPSA) is 29.5 Å². The highest BCUT2D eigenvalue weighted by molar-refractivity contribution is 5.79. The number of phenolic OH excluding ortho intramolecular Hbond substituents is 1. The third kappa shape index (κ3) is 1.79. The molecule has 1 heterocycles. The smallest absolute Gasteiger partial charge is 0.132 e. The Hall–Kier alpha value is -1.96. The summed E-state index contributed by atoms with van der Waals surface area (Å²) in [4.78, 5) is 0. The second-order valence-electron chi connectivity index (χ2n) is 6.23. The largest absolute Gasteiger partial charge is 0.508 e. The molecule has 0 fully saturated rings. The number of hydrogen-bond acceptors (Lipinski definition) is 2. The van der Waals surface area contributed by atoms with Crippen LogP contribution in [0.2, 0.25) is 0 Å². The molecular formula is C18H20O2. The highest BCUT2D eigenvalue weighted by atomic mass is 16.5. The summed E-state index contributed by atoms with van der Waals surface area (Å²) in [6.07, 6.45) is 0. The lowest BCUT2D eigenvalue weighted by atomic mass is 9.83. The van der Waals surface area contributed by atoms with Crippen LogP contribution in [0.5, 0.6) is 11.5 Å². The molecule has 104 valence electrons. The standard InChI is InChI=1S/C18H20O2/c1-10-6-13-14-7-12(3)16(19)9-17(14)20-18(4,5)15(13)8-11(10)2/h6-9,19H,1-5H3. The van der Waals surface area contributed by atoms with Crippen LogP contribution in [0, 0.1) is 20.8 Å². The Morgan fingerprint density at radius 3 is 2.15 bits per heavy atom. The predicted molar refractivity (Wildman–Crippen MR) is 81.4 cm³/mol. The van der Waals surface area contributed by atoms with Crippen molar-refractivity contribution in [3.63, 3.8) is 0 Å². The van der Waals surface area contributed by atoms with Gasteiger partial charge < -0.3 is 9.84 Å². The van der Waals surface area contributed by atoms with Crippen molar-refractivity contribution in [3.8, 4) is 22.6 Å². The molecule has 1 aliphatic heterocycles. The number of phenols is 1. The monoisotopic (exact) mass is 268 g/mol. The van der Waals surface area contributed by atoms with Gasteiger partial charge in [-0.05, 0) is 62.9 Å². The first-order valence-electron chi connectivity index (χ1n) is 6.94. The molecular weight excluding hydrogens is 248 g/mol. The van der Waals surface area contributed by atoms with Crippen LogP contribution in [0.4, 0.5) is 0 Å². The highest BCUT2D eigenvalue weighted by Crippen LogP contribution is 2.47. The maximum atomic E-state index is 9.91. The fourth-order valence-electron chi connectivity index (χ4n) is 2.84. The molecule has 0 amide bonds. The van der Waals surface area contributed by atoms with E-state index >= 15 is 0 Å². The van der Waals surface area contributed by atoms with Crippen molar-refractivity contribution in [2.75, 3.05) is 0 Å². The summed E-state index contributed by atoms with van der Waals surface area (Å²) < 4.78 is 6.12. The first-order valence-corrected chi connectivity index (χ1v) is 6.94. The fraction of sp³-hybridized carbons (Fsp3) is 0.333. The van der Waals surface area contributed by atoms with Gasteiger partial charge in [0.25, 0.3) is 0 Å². The number of rotatable bonds is 0. The Labute approximate surface area is 120 Å². The Morgan fingerprint density at radius 2 is 1.45 bits per heavy atom. The van der Waals surface area contributed by atoms with Gasteiger partial charge in [-0.25, -0.2) is 0 Å². The lowest BCUT2D eigenvalue weighted by molar-refractivity contribution is 0.105.